The molecule has 4 heteroatoms. The van der Waals surface area contributed by atoms with Crippen molar-refractivity contribution in [2.24, 2.45) is 5.16 Å². The molecule has 0 aliphatic heterocycles. The highest BCUT2D eigenvalue weighted by Crippen LogP contribution is 2.15. The van der Waals surface area contributed by atoms with E-state index in [2.05, 4.69) is 38.1 Å². The summed E-state index contributed by atoms with van der Waals surface area (Å²) in [5, 5.41) is 4.44. The number of benzene rings is 1. The first-order chi connectivity index (χ1) is 10.4. The molecule has 0 N–H and O–H groups in total. The van der Waals surface area contributed by atoms with E-state index in [4.69, 9.17) is 9.57 Å². The van der Waals surface area contributed by atoms with Crippen LogP contribution < -0.4 is 0 Å². The quantitative estimate of drug-likeness (QED) is 0.302. The fourth-order valence-corrected chi connectivity index (χ4v) is 2.33. The zero-order valence-electron chi connectivity index (χ0n) is 14.9. The van der Waals surface area contributed by atoms with Gasteiger partial charge in [0.1, 0.15) is 12.3 Å². The summed E-state index contributed by atoms with van der Waals surface area (Å²) in [6, 6.07) is 10.2. The third-order valence-electron chi connectivity index (χ3n) is 4.47. The van der Waals surface area contributed by atoms with Gasteiger partial charge in [-0.1, -0.05) is 35.5 Å². The summed E-state index contributed by atoms with van der Waals surface area (Å²) in [5.41, 5.74) is 2.07. The second-order valence-corrected chi connectivity index (χ2v) is 6.05. The van der Waals surface area contributed by atoms with Crippen LogP contribution >= 0.6 is 0 Å². The molecule has 124 valence electrons. The molecule has 0 amide bonds. The SMILES string of the molecule is CC[N+](CC)(CC)C/C(=N/OC(C)(C)OC)c1ccccc1. The Bertz CT molecular complexity index is 457. The molecule has 0 radical (unpaired) electrons. The van der Waals surface area contributed by atoms with Crippen LogP contribution in [0, 0.1) is 0 Å². The van der Waals surface area contributed by atoms with Gasteiger partial charge in [0, 0.05) is 26.5 Å². The van der Waals surface area contributed by atoms with E-state index >= 15 is 0 Å². The van der Waals surface area contributed by atoms with Crippen molar-refractivity contribution < 1.29 is 14.1 Å². The Labute approximate surface area is 135 Å². The minimum Gasteiger partial charge on any atom is -0.360 e. The van der Waals surface area contributed by atoms with Crippen molar-refractivity contribution >= 4 is 5.71 Å². The Morgan fingerprint density at radius 1 is 1.05 bits per heavy atom. The van der Waals surface area contributed by atoms with Crippen LogP contribution in [0.3, 0.4) is 0 Å². The number of nitrogens with zero attached hydrogens (tertiary/aromatic N) is 2. The van der Waals surface area contributed by atoms with Gasteiger partial charge in [0.25, 0.3) is 0 Å². The molecule has 0 heterocycles. The van der Waals surface area contributed by atoms with Crippen LogP contribution in [0.1, 0.15) is 40.2 Å². The molecular formula is C18H31N2O2+. The molecule has 0 aliphatic rings. The molecular weight excluding hydrogens is 276 g/mol. The molecule has 1 aromatic carbocycles. The van der Waals surface area contributed by atoms with Gasteiger partial charge in [-0.15, -0.1) is 0 Å². The van der Waals surface area contributed by atoms with Crippen LogP contribution in [0.2, 0.25) is 0 Å². The lowest BCUT2D eigenvalue weighted by molar-refractivity contribution is -0.914. The summed E-state index contributed by atoms with van der Waals surface area (Å²) in [4.78, 5) is 5.63. The van der Waals surface area contributed by atoms with Gasteiger partial charge in [0.15, 0.2) is 0 Å². The number of quaternary nitrogens is 1. The first kappa shape index (κ1) is 18.7. The number of methoxy groups -OCH3 is 1. The van der Waals surface area contributed by atoms with Crippen molar-refractivity contribution in [1.29, 1.82) is 0 Å². The van der Waals surface area contributed by atoms with E-state index in [1.54, 1.807) is 7.11 Å². The van der Waals surface area contributed by atoms with Crippen molar-refractivity contribution in [1.82, 2.24) is 0 Å². The zero-order valence-corrected chi connectivity index (χ0v) is 14.9. The Morgan fingerprint density at radius 3 is 2.05 bits per heavy atom. The molecule has 1 rings (SSSR count). The molecule has 0 saturated heterocycles. The van der Waals surface area contributed by atoms with Crippen molar-refractivity contribution in [3.8, 4) is 0 Å². The second kappa shape index (κ2) is 8.30. The molecule has 0 bridgehead atoms. The number of oxime groups is 1. The number of likely N-dealkylation sites (N-methyl/N-ethyl adjacent to an activating group) is 1. The molecule has 4 nitrogen and oxygen atoms in total. The van der Waals surface area contributed by atoms with Gasteiger partial charge < -0.3 is 14.1 Å². The average Bonchev–Trinajstić information content (AvgIpc) is 2.56. The third-order valence-corrected chi connectivity index (χ3v) is 4.47. The zero-order chi connectivity index (χ0) is 16.6. The van der Waals surface area contributed by atoms with Crippen LogP contribution in [0.4, 0.5) is 0 Å². The highest BCUT2D eigenvalue weighted by molar-refractivity contribution is 6.01. The highest BCUT2D eigenvalue weighted by atomic mass is 16.8. The van der Waals surface area contributed by atoms with Crippen LogP contribution in [0.15, 0.2) is 35.5 Å². The van der Waals surface area contributed by atoms with Crippen molar-refractivity contribution in [2.75, 3.05) is 33.3 Å². The summed E-state index contributed by atoms with van der Waals surface area (Å²) < 4.78 is 6.29. The van der Waals surface area contributed by atoms with Crippen LogP contribution in [0.25, 0.3) is 0 Å². The summed E-state index contributed by atoms with van der Waals surface area (Å²) in [6.45, 7) is 14.5. The predicted octanol–water partition coefficient (Wildman–Crippen LogP) is 3.67. The van der Waals surface area contributed by atoms with Gasteiger partial charge in [0.2, 0.25) is 5.79 Å². The fourth-order valence-electron chi connectivity index (χ4n) is 2.33. The maximum absolute atomic E-state index is 5.63. The van der Waals surface area contributed by atoms with Gasteiger partial charge in [-0.3, -0.25) is 0 Å². The predicted molar refractivity (Wildman–Crippen MR) is 91.9 cm³/mol. The Hall–Kier alpha value is -1.39. The number of hydrogen-bond acceptors (Lipinski definition) is 3. The van der Waals surface area contributed by atoms with E-state index in [-0.39, 0.29) is 0 Å². The minimum atomic E-state index is -0.722. The Balaban J connectivity index is 3.10. The number of hydrogen-bond donors (Lipinski definition) is 0. The van der Waals surface area contributed by atoms with E-state index in [9.17, 15) is 0 Å². The standard InChI is InChI=1S/C18H31N2O2/c1-7-20(8-2,9-3)15-17(16-13-11-10-12-14-16)19-22-18(4,5)21-6/h10-14H,7-9,15H2,1-6H3/q+1/b19-17-. The first-order valence-electron chi connectivity index (χ1n) is 8.12. The summed E-state index contributed by atoms with van der Waals surface area (Å²) in [7, 11) is 1.63. The maximum atomic E-state index is 5.63. The molecule has 0 atom stereocenters. The Kier molecular flexibility index (Phi) is 7.04. The van der Waals surface area contributed by atoms with E-state index in [0.29, 0.717) is 0 Å². The fraction of sp³-hybridized carbons (Fsp3) is 0.611. The lowest BCUT2D eigenvalue weighted by atomic mass is 10.1. The number of ether oxygens (including phenoxy) is 1. The topological polar surface area (TPSA) is 30.8 Å². The van der Waals surface area contributed by atoms with Crippen LogP contribution in [-0.4, -0.2) is 49.3 Å². The van der Waals surface area contributed by atoms with Gasteiger partial charge in [-0.25, -0.2) is 0 Å². The van der Waals surface area contributed by atoms with Crippen molar-refractivity contribution in [3.63, 3.8) is 0 Å². The molecule has 0 aliphatic carbocycles. The number of rotatable bonds is 9. The lowest BCUT2D eigenvalue weighted by Crippen LogP contribution is -2.51. The van der Waals surface area contributed by atoms with Crippen molar-refractivity contribution in [2.45, 2.75) is 40.4 Å². The summed E-state index contributed by atoms with van der Waals surface area (Å²) >= 11 is 0. The minimum absolute atomic E-state index is 0.722. The third kappa shape index (κ3) is 5.11. The van der Waals surface area contributed by atoms with Crippen LogP contribution in [-0.2, 0) is 9.57 Å². The maximum Gasteiger partial charge on any atom is 0.230 e. The first-order valence-corrected chi connectivity index (χ1v) is 8.12. The van der Waals surface area contributed by atoms with E-state index in [1.807, 2.05) is 32.0 Å². The molecule has 0 spiro atoms. The molecule has 0 fully saturated rings. The summed E-state index contributed by atoms with van der Waals surface area (Å²) in [5.74, 6) is -0.722. The second-order valence-electron chi connectivity index (χ2n) is 6.05. The molecule has 0 unspecified atom stereocenters. The van der Waals surface area contributed by atoms with Gasteiger partial charge in [-0.2, -0.15) is 0 Å². The highest BCUT2D eigenvalue weighted by Gasteiger charge is 2.26. The van der Waals surface area contributed by atoms with E-state index in [0.717, 1.165) is 41.9 Å². The molecule has 0 aromatic heterocycles. The van der Waals surface area contributed by atoms with Gasteiger partial charge >= 0.3 is 0 Å². The van der Waals surface area contributed by atoms with Crippen LogP contribution in [0.5, 0.6) is 0 Å². The van der Waals surface area contributed by atoms with E-state index in [1.165, 1.54) is 0 Å². The lowest BCUT2D eigenvalue weighted by Gasteiger charge is -2.36. The normalized spacial score (nSPS) is 13.3. The molecule has 0 saturated carbocycles. The molecule has 1 aromatic rings. The van der Waals surface area contributed by atoms with E-state index < -0.39 is 5.79 Å². The monoisotopic (exact) mass is 307 g/mol. The van der Waals surface area contributed by atoms with Crippen molar-refractivity contribution in [3.05, 3.63) is 35.9 Å². The molecule has 22 heavy (non-hydrogen) atoms. The average molecular weight is 307 g/mol. The summed E-state index contributed by atoms with van der Waals surface area (Å²) in [6.07, 6.45) is 0. The largest absolute Gasteiger partial charge is 0.360 e. The van der Waals surface area contributed by atoms with Gasteiger partial charge in [-0.05, 0) is 20.8 Å². The Morgan fingerprint density at radius 2 is 1.59 bits per heavy atom. The smallest absolute Gasteiger partial charge is 0.230 e. The van der Waals surface area contributed by atoms with Gasteiger partial charge in [0.05, 0.1) is 19.6 Å².